The van der Waals surface area contributed by atoms with Crippen LogP contribution in [-0.4, -0.2) is 45.8 Å². The molecule has 0 aliphatic rings. The summed E-state index contributed by atoms with van der Waals surface area (Å²) in [6, 6.07) is -0.0450. The van der Waals surface area contributed by atoms with Crippen molar-refractivity contribution in [3.63, 3.8) is 0 Å². The van der Waals surface area contributed by atoms with Gasteiger partial charge in [0.1, 0.15) is 0 Å². The molecule has 0 fully saturated rings. The van der Waals surface area contributed by atoms with Crippen LogP contribution in [0.15, 0.2) is 0 Å². The Hall–Kier alpha value is -1.63. The molecular formula is C11H22N6O. The van der Waals surface area contributed by atoms with Gasteiger partial charge < -0.3 is 21.1 Å². The summed E-state index contributed by atoms with van der Waals surface area (Å²) >= 11 is 0. The topological polar surface area (TPSA) is 95.0 Å². The largest absolute Gasteiger partial charge is 0.394 e. The van der Waals surface area contributed by atoms with E-state index in [1.54, 1.807) is 0 Å². The first kappa shape index (κ1) is 14.4. The van der Waals surface area contributed by atoms with Gasteiger partial charge in [-0.15, -0.1) is 0 Å². The Morgan fingerprint density at radius 3 is 1.83 bits per heavy atom. The van der Waals surface area contributed by atoms with Crippen LogP contribution in [-0.2, 0) is 0 Å². The standard InChI is InChI=1S/C11H22N6O/c1-4-8(7-18)14-11-16-9(12-5-2)15-10(17-11)13-6-3/h8,18H,4-7H2,1-3H3,(H3,12,13,14,15,16,17)/t8-/m0/s1. The van der Waals surface area contributed by atoms with E-state index in [1.165, 1.54) is 0 Å². The van der Waals surface area contributed by atoms with Crippen molar-refractivity contribution in [3.05, 3.63) is 0 Å². The third kappa shape index (κ3) is 4.33. The average molecular weight is 254 g/mol. The van der Waals surface area contributed by atoms with Gasteiger partial charge in [0.25, 0.3) is 0 Å². The van der Waals surface area contributed by atoms with Crippen LogP contribution in [0.3, 0.4) is 0 Å². The second-order valence-corrected chi connectivity index (χ2v) is 3.80. The van der Waals surface area contributed by atoms with Crippen molar-refractivity contribution >= 4 is 17.8 Å². The van der Waals surface area contributed by atoms with Crippen LogP contribution in [0.25, 0.3) is 0 Å². The van der Waals surface area contributed by atoms with E-state index >= 15 is 0 Å². The molecule has 1 rings (SSSR count). The summed E-state index contributed by atoms with van der Waals surface area (Å²) in [4.78, 5) is 12.7. The summed E-state index contributed by atoms with van der Waals surface area (Å²) in [6.07, 6.45) is 0.801. The van der Waals surface area contributed by atoms with Gasteiger partial charge in [-0.05, 0) is 20.3 Å². The summed E-state index contributed by atoms with van der Waals surface area (Å²) in [7, 11) is 0. The lowest BCUT2D eigenvalue weighted by atomic mass is 10.2. The third-order valence-electron chi connectivity index (χ3n) is 2.35. The van der Waals surface area contributed by atoms with Crippen LogP contribution in [0.1, 0.15) is 27.2 Å². The van der Waals surface area contributed by atoms with Crippen LogP contribution in [0, 0.1) is 0 Å². The van der Waals surface area contributed by atoms with E-state index in [-0.39, 0.29) is 12.6 Å². The zero-order valence-electron chi connectivity index (χ0n) is 11.2. The van der Waals surface area contributed by atoms with E-state index < -0.39 is 0 Å². The normalized spacial score (nSPS) is 12.0. The van der Waals surface area contributed by atoms with Crippen molar-refractivity contribution in [1.29, 1.82) is 0 Å². The highest BCUT2D eigenvalue weighted by atomic mass is 16.3. The highest BCUT2D eigenvalue weighted by molar-refractivity contribution is 5.42. The number of aliphatic hydroxyl groups is 1. The highest BCUT2D eigenvalue weighted by Crippen LogP contribution is 2.10. The van der Waals surface area contributed by atoms with Crippen molar-refractivity contribution in [3.8, 4) is 0 Å². The second kappa shape index (κ2) is 7.65. The number of hydrogen-bond donors (Lipinski definition) is 4. The lowest BCUT2D eigenvalue weighted by Crippen LogP contribution is -2.24. The van der Waals surface area contributed by atoms with E-state index in [2.05, 4.69) is 30.9 Å². The van der Waals surface area contributed by atoms with Crippen molar-refractivity contribution in [2.24, 2.45) is 0 Å². The molecule has 0 saturated heterocycles. The van der Waals surface area contributed by atoms with Crippen LogP contribution in [0.4, 0.5) is 17.8 Å². The van der Waals surface area contributed by atoms with Gasteiger partial charge in [-0.3, -0.25) is 0 Å². The van der Waals surface area contributed by atoms with E-state index in [0.717, 1.165) is 19.5 Å². The summed E-state index contributed by atoms with van der Waals surface area (Å²) < 4.78 is 0. The maximum Gasteiger partial charge on any atom is 0.229 e. The average Bonchev–Trinajstić information content (AvgIpc) is 2.36. The Morgan fingerprint density at radius 2 is 1.44 bits per heavy atom. The molecule has 7 nitrogen and oxygen atoms in total. The van der Waals surface area contributed by atoms with E-state index in [4.69, 9.17) is 5.11 Å². The van der Waals surface area contributed by atoms with E-state index in [9.17, 15) is 0 Å². The molecule has 1 aromatic heterocycles. The zero-order valence-corrected chi connectivity index (χ0v) is 11.2. The van der Waals surface area contributed by atoms with Crippen molar-refractivity contribution in [1.82, 2.24) is 15.0 Å². The zero-order chi connectivity index (χ0) is 13.4. The number of aromatic nitrogens is 3. The molecule has 102 valence electrons. The Labute approximate surface area is 107 Å². The maximum atomic E-state index is 9.17. The molecule has 18 heavy (non-hydrogen) atoms. The lowest BCUT2D eigenvalue weighted by Gasteiger charge is -2.15. The SMILES string of the molecule is CCNc1nc(NCC)nc(N[C@@H](CC)CO)n1. The Morgan fingerprint density at radius 1 is 0.944 bits per heavy atom. The first-order valence-electron chi connectivity index (χ1n) is 6.34. The molecule has 7 heteroatoms. The smallest absolute Gasteiger partial charge is 0.229 e. The number of rotatable bonds is 8. The van der Waals surface area contributed by atoms with Gasteiger partial charge in [-0.1, -0.05) is 6.92 Å². The van der Waals surface area contributed by atoms with Gasteiger partial charge in [0, 0.05) is 13.1 Å². The molecule has 0 unspecified atom stereocenters. The summed E-state index contributed by atoms with van der Waals surface area (Å²) in [6.45, 7) is 7.48. The molecule has 0 bridgehead atoms. The Bertz CT molecular complexity index is 331. The summed E-state index contributed by atoms with van der Waals surface area (Å²) in [5.74, 6) is 1.52. The molecule has 1 heterocycles. The van der Waals surface area contributed by atoms with Gasteiger partial charge >= 0.3 is 0 Å². The first-order valence-corrected chi connectivity index (χ1v) is 6.34. The molecule has 0 radical (unpaired) electrons. The minimum atomic E-state index is -0.0450. The molecule has 0 aliphatic heterocycles. The van der Waals surface area contributed by atoms with Crippen LogP contribution in [0.2, 0.25) is 0 Å². The van der Waals surface area contributed by atoms with E-state index in [0.29, 0.717) is 17.8 Å². The van der Waals surface area contributed by atoms with Crippen LogP contribution >= 0.6 is 0 Å². The lowest BCUT2D eigenvalue weighted by molar-refractivity contribution is 0.271. The minimum Gasteiger partial charge on any atom is -0.394 e. The first-order chi connectivity index (χ1) is 8.73. The number of aliphatic hydroxyl groups excluding tert-OH is 1. The molecule has 0 aromatic carbocycles. The summed E-state index contributed by atoms with van der Waals surface area (Å²) in [5.41, 5.74) is 0. The molecule has 0 amide bonds. The summed E-state index contributed by atoms with van der Waals surface area (Å²) in [5, 5.41) is 18.4. The Balaban J connectivity index is 2.87. The number of hydrogen-bond acceptors (Lipinski definition) is 7. The van der Waals surface area contributed by atoms with Crippen molar-refractivity contribution in [2.45, 2.75) is 33.2 Å². The Kier molecular flexibility index (Phi) is 6.13. The fourth-order valence-electron chi connectivity index (χ4n) is 1.37. The van der Waals surface area contributed by atoms with Gasteiger partial charge in [-0.25, -0.2) is 0 Å². The van der Waals surface area contributed by atoms with E-state index in [1.807, 2.05) is 20.8 Å². The van der Waals surface area contributed by atoms with Gasteiger partial charge in [-0.2, -0.15) is 15.0 Å². The van der Waals surface area contributed by atoms with Gasteiger partial charge in [0.2, 0.25) is 17.8 Å². The van der Waals surface area contributed by atoms with Crippen molar-refractivity contribution in [2.75, 3.05) is 35.6 Å². The molecule has 1 aromatic rings. The molecule has 0 spiro atoms. The predicted octanol–water partition coefficient (Wildman–Crippen LogP) is 0.918. The number of nitrogens with one attached hydrogen (secondary N) is 3. The van der Waals surface area contributed by atoms with Crippen molar-refractivity contribution < 1.29 is 5.11 Å². The molecule has 1 atom stereocenters. The predicted molar refractivity (Wildman–Crippen MR) is 72.9 cm³/mol. The van der Waals surface area contributed by atoms with Gasteiger partial charge in [0.15, 0.2) is 0 Å². The third-order valence-corrected chi connectivity index (χ3v) is 2.35. The number of nitrogens with zero attached hydrogens (tertiary/aromatic N) is 3. The molecule has 0 aliphatic carbocycles. The molecular weight excluding hydrogens is 232 g/mol. The number of anilines is 3. The van der Waals surface area contributed by atoms with Crippen LogP contribution in [0.5, 0.6) is 0 Å². The quantitative estimate of drug-likeness (QED) is 0.548. The fraction of sp³-hybridized carbons (Fsp3) is 0.727. The van der Waals surface area contributed by atoms with Crippen LogP contribution < -0.4 is 16.0 Å². The highest BCUT2D eigenvalue weighted by Gasteiger charge is 2.09. The second-order valence-electron chi connectivity index (χ2n) is 3.80. The minimum absolute atomic E-state index is 0.0450. The fourth-order valence-corrected chi connectivity index (χ4v) is 1.37. The van der Waals surface area contributed by atoms with Gasteiger partial charge in [0.05, 0.1) is 12.6 Å². The maximum absolute atomic E-state index is 9.17. The monoisotopic (exact) mass is 254 g/mol. The molecule has 0 saturated carbocycles. The molecule has 4 N–H and O–H groups in total.